The van der Waals surface area contributed by atoms with Gasteiger partial charge in [-0.05, 0) is 41.1 Å². The normalized spacial score (nSPS) is 44.8. The monoisotopic (exact) mass is 204 g/mol. The molecule has 2 atom stereocenters. The molecule has 0 bridgehead atoms. The van der Waals surface area contributed by atoms with Crippen LogP contribution in [0.3, 0.4) is 0 Å². The Balaban J connectivity index is 2.01. The van der Waals surface area contributed by atoms with E-state index in [0.717, 1.165) is 11.8 Å². The lowest BCUT2D eigenvalue weighted by atomic mass is 9.82. The van der Waals surface area contributed by atoms with Crippen molar-refractivity contribution in [2.45, 2.75) is 26.7 Å². The Bertz CT molecular complexity index is 190. The Labute approximate surface area is 84.4 Å². The van der Waals surface area contributed by atoms with E-state index in [1.165, 1.54) is 24.3 Å². The van der Waals surface area contributed by atoms with Crippen LogP contribution in [0.5, 0.6) is 0 Å². The minimum absolute atomic E-state index is 0.559. The molecule has 1 aliphatic carbocycles. The first-order chi connectivity index (χ1) is 5.58. The molecule has 1 saturated carbocycles. The summed E-state index contributed by atoms with van der Waals surface area (Å²) >= 11 is 8.04. The van der Waals surface area contributed by atoms with Gasteiger partial charge in [0, 0.05) is 5.88 Å². The highest BCUT2D eigenvalue weighted by molar-refractivity contribution is 7.99. The highest BCUT2D eigenvalue weighted by atomic mass is 35.5. The maximum absolute atomic E-state index is 5.91. The lowest BCUT2D eigenvalue weighted by Gasteiger charge is -2.35. The molecule has 0 nitrogen and oxygen atoms in total. The fourth-order valence-electron chi connectivity index (χ4n) is 2.63. The predicted molar refractivity (Wildman–Crippen MR) is 57.0 cm³/mol. The van der Waals surface area contributed by atoms with E-state index in [4.69, 9.17) is 11.6 Å². The Hall–Kier alpha value is 0.640. The van der Waals surface area contributed by atoms with Crippen molar-refractivity contribution in [3.63, 3.8) is 0 Å². The third-order valence-corrected chi connectivity index (χ3v) is 5.40. The third kappa shape index (κ3) is 1.50. The van der Waals surface area contributed by atoms with Crippen molar-refractivity contribution in [1.82, 2.24) is 0 Å². The fraction of sp³-hybridized carbons (Fsp3) is 1.00. The van der Waals surface area contributed by atoms with Crippen molar-refractivity contribution in [2.75, 3.05) is 17.4 Å². The molecule has 2 heteroatoms. The van der Waals surface area contributed by atoms with Gasteiger partial charge in [-0.1, -0.05) is 13.8 Å². The van der Waals surface area contributed by atoms with Gasteiger partial charge in [0.2, 0.25) is 0 Å². The summed E-state index contributed by atoms with van der Waals surface area (Å²) in [5, 5.41) is 0. The van der Waals surface area contributed by atoms with E-state index in [-0.39, 0.29) is 0 Å². The zero-order valence-electron chi connectivity index (χ0n) is 7.90. The molecule has 0 aromatic rings. The highest BCUT2D eigenvalue weighted by Crippen LogP contribution is 2.63. The van der Waals surface area contributed by atoms with Gasteiger partial charge in [-0.25, -0.2) is 0 Å². The maximum atomic E-state index is 5.91. The first-order valence-corrected chi connectivity index (χ1v) is 6.41. The van der Waals surface area contributed by atoms with E-state index < -0.39 is 0 Å². The van der Waals surface area contributed by atoms with E-state index in [2.05, 4.69) is 25.6 Å². The highest BCUT2D eigenvalue weighted by Gasteiger charge is 2.56. The van der Waals surface area contributed by atoms with Crippen molar-refractivity contribution in [1.29, 1.82) is 0 Å². The zero-order chi connectivity index (χ0) is 8.82. The molecule has 1 saturated heterocycles. The minimum atomic E-state index is 0.559. The Morgan fingerprint density at radius 1 is 1.42 bits per heavy atom. The number of rotatable bonds is 1. The van der Waals surface area contributed by atoms with Gasteiger partial charge in [0.25, 0.3) is 0 Å². The number of hydrogen-bond acceptors (Lipinski definition) is 1. The summed E-state index contributed by atoms with van der Waals surface area (Å²) in [6, 6.07) is 0. The number of halogens is 1. The van der Waals surface area contributed by atoms with Gasteiger partial charge in [-0.2, -0.15) is 11.8 Å². The number of alkyl halides is 1. The summed E-state index contributed by atoms with van der Waals surface area (Å²) < 4.78 is 0. The molecule has 12 heavy (non-hydrogen) atoms. The number of hydrogen-bond donors (Lipinski definition) is 0. The quantitative estimate of drug-likeness (QED) is 0.590. The summed E-state index contributed by atoms with van der Waals surface area (Å²) in [6.45, 7) is 4.79. The average molecular weight is 205 g/mol. The van der Waals surface area contributed by atoms with E-state index in [0.29, 0.717) is 10.8 Å². The van der Waals surface area contributed by atoms with Crippen LogP contribution in [0.1, 0.15) is 26.7 Å². The molecule has 0 radical (unpaired) electrons. The van der Waals surface area contributed by atoms with Crippen molar-refractivity contribution in [3.05, 3.63) is 0 Å². The van der Waals surface area contributed by atoms with Crippen molar-refractivity contribution in [3.8, 4) is 0 Å². The van der Waals surface area contributed by atoms with Gasteiger partial charge in [-0.3, -0.25) is 0 Å². The molecule has 0 amide bonds. The van der Waals surface area contributed by atoms with Crippen LogP contribution in [0, 0.1) is 16.7 Å². The van der Waals surface area contributed by atoms with E-state index in [1.54, 1.807) is 0 Å². The largest absolute Gasteiger partial charge is 0.161 e. The second-order valence-corrected chi connectivity index (χ2v) is 6.55. The average Bonchev–Trinajstić information content (AvgIpc) is 2.60. The summed E-state index contributed by atoms with van der Waals surface area (Å²) in [4.78, 5) is 0. The van der Waals surface area contributed by atoms with Crippen LogP contribution >= 0.6 is 23.4 Å². The zero-order valence-corrected chi connectivity index (χ0v) is 9.47. The van der Waals surface area contributed by atoms with Gasteiger partial charge in [0.05, 0.1) is 0 Å². The Morgan fingerprint density at radius 2 is 2.17 bits per heavy atom. The smallest absolute Gasteiger partial charge is 0.0257 e. The van der Waals surface area contributed by atoms with Crippen molar-refractivity contribution >= 4 is 23.4 Å². The third-order valence-electron chi connectivity index (χ3n) is 3.26. The van der Waals surface area contributed by atoms with Gasteiger partial charge in [-0.15, -0.1) is 11.6 Å². The molecule has 0 N–H and O–H groups in total. The summed E-state index contributed by atoms with van der Waals surface area (Å²) in [6.07, 6.45) is 2.80. The van der Waals surface area contributed by atoms with Crippen LogP contribution in [0.4, 0.5) is 0 Å². The molecule has 1 spiro atoms. The van der Waals surface area contributed by atoms with E-state index >= 15 is 0 Å². The molecule has 70 valence electrons. The molecule has 2 rings (SSSR count). The van der Waals surface area contributed by atoms with Crippen LogP contribution in [0.15, 0.2) is 0 Å². The van der Waals surface area contributed by atoms with Gasteiger partial charge in [0.1, 0.15) is 0 Å². The molecule has 1 heterocycles. The van der Waals surface area contributed by atoms with Crippen LogP contribution in [0.2, 0.25) is 0 Å². The first kappa shape index (κ1) is 9.21. The van der Waals surface area contributed by atoms with Crippen LogP contribution in [-0.2, 0) is 0 Å². The second kappa shape index (κ2) is 2.81. The molecule has 1 aliphatic heterocycles. The van der Waals surface area contributed by atoms with E-state index in [9.17, 15) is 0 Å². The van der Waals surface area contributed by atoms with E-state index in [1.807, 2.05) is 0 Å². The van der Waals surface area contributed by atoms with Gasteiger partial charge in [0.15, 0.2) is 0 Å². The summed E-state index contributed by atoms with van der Waals surface area (Å²) in [5.74, 6) is 4.43. The lowest BCUT2D eigenvalue weighted by molar-refractivity contribution is 0.278. The van der Waals surface area contributed by atoms with Crippen LogP contribution < -0.4 is 0 Å². The Kier molecular flexibility index (Phi) is 2.16. The molecule has 0 aromatic heterocycles. The van der Waals surface area contributed by atoms with Crippen LogP contribution in [0.25, 0.3) is 0 Å². The van der Waals surface area contributed by atoms with Crippen LogP contribution in [-0.4, -0.2) is 17.4 Å². The lowest BCUT2D eigenvalue weighted by Crippen LogP contribution is -2.29. The van der Waals surface area contributed by atoms with Gasteiger partial charge < -0.3 is 0 Å². The number of thioether (sulfide) groups is 1. The SMILES string of the molecule is CC1(C)CSCC2(CC2CCl)C1. The molecular formula is C10H17ClS. The molecular weight excluding hydrogens is 188 g/mol. The molecule has 2 aliphatic rings. The summed E-state index contributed by atoms with van der Waals surface area (Å²) in [5.41, 5.74) is 1.22. The molecule has 2 unspecified atom stereocenters. The van der Waals surface area contributed by atoms with Gasteiger partial charge >= 0.3 is 0 Å². The standard InChI is InChI=1S/C10H17ClS/c1-9(2)5-10(7-12-6-9)3-8(10)4-11/h8H,3-7H2,1-2H3. The van der Waals surface area contributed by atoms with Crippen molar-refractivity contribution in [2.24, 2.45) is 16.7 Å². The molecule has 0 aromatic carbocycles. The minimum Gasteiger partial charge on any atom is -0.161 e. The first-order valence-electron chi connectivity index (χ1n) is 4.72. The summed E-state index contributed by atoms with van der Waals surface area (Å²) in [7, 11) is 0. The predicted octanol–water partition coefficient (Wildman–Crippen LogP) is 3.39. The molecule has 2 fully saturated rings. The van der Waals surface area contributed by atoms with Crippen molar-refractivity contribution < 1.29 is 0 Å². The topological polar surface area (TPSA) is 0 Å². The maximum Gasteiger partial charge on any atom is 0.0257 e. The Morgan fingerprint density at radius 3 is 2.67 bits per heavy atom. The fourth-order valence-corrected chi connectivity index (χ4v) is 4.68. The second-order valence-electron chi connectivity index (χ2n) is 5.25.